The molecular weight excluding hydrogens is 300 g/mol. The van der Waals surface area contributed by atoms with Crippen LogP contribution < -0.4 is 10.3 Å². The molecule has 0 saturated carbocycles. The van der Waals surface area contributed by atoms with Crippen molar-refractivity contribution < 1.29 is 8.95 Å². The van der Waals surface area contributed by atoms with Gasteiger partial charge < -0.3 is 4.74 Å². The van der Waals surface area contributed by atoms with Gasteiger partial charge in [-0.1, -0.05) is 18.2 Å². The number of aromatic nitrogens is 2. The summed E-state index contributed by atoms with van der Waals surface area (Å²) in [5.74, 6) is 0.948. The van der Waals surface area contributed by atoms with Gasteiger partial charge in [0.1, 0.15) is 5.75 Å². The molecule has 0 fully saturated rings. The van der Waals surface area contributed by atoms with Gasteiger partial charge in [-0.2, -0.15) is 5.10 Å². The first-order chi connectivity index (χ1) is 10.6. The van der Waals surface area contributed by atoms with E-state index in [1.807, 2.05) is 12.1 Å². The molecule has 6 heteroatoms. The lowest BCUT2D eigenvalue weighted by atomic mass is 10.2. The van der Waals surface area contributed by atoms with Crippen LogP contribution in [0.4, 0.5) is 0 Å². The van der Waals surface area contributed by atoms with E-state index in [1.54, 1.807) is 37.5 Å². The predicted molar refractivity (Wildman–Crippen MR) is 88.3 cm³/mol. The number of hydrogen-bond acceptors (Lipinski definition) is 4. The normalized spacial score (nSPS) is 12.2. The summed E-state index contributed by atoms with van der Waals surface area (Å²) in [5.41, 5.74) is 1.27. The molecular formula is C16H16N2O3S. The molecule has 0 radical (unpaired) electrons. The second-order valence-electron chi connectivity index (χ2n) is 4.39. The summed E-state index contributed by atoms with van der Waals surface area (Å²) in [6.07, 6.45) is 5.22. The summed E-state index contributed by atoms with van der Waals surface area (Å²) in [5, 5.41) is 6.26. The summed E-state index contributed by atoms with van der Waals surface area (Å²) in [6, 6.07) is 8.47. The molecule has 1 aromatic heterocycles. The van der Waals surface area contributed by atoms with Gasteiger partial charge in [0.25, 0.3) is 5.56 Å². The lowest BCUT2D eigenvalue weighted by Gasteiger charge is -2.08. The quantitative estimate of drug-likeness (QED) is 0.830. The SMILES string of the molecule is C=CCS(=O)c1ccc(C=Cc2ccc(=O)[nH]n2)cc1OC. The number of H-pyrrole nitrogens is 1. The first-order valence-electron chi connectivity index (χ1n) is 6.55. The van der Waals surface area contributed by atoms with E-state index >= 15 is 0 Å². The minimum Gasteiger partial charge on any atom is -0.495 e. The summed E-state index contributed by atoms with van der Waals surface area (Å²) in [6.45, 7) is 3.59. The van der Waals surface area contributed by atoms with E-state index in [9.17, 15) is 9.00 Å². The molecule has 114 valence electrons. The highest BCUT2D eigenvalue weighted by Gasteiger charge is 2.09. The van der Waals surface area contributed by atoms with Crippen LogP contribution in [0.25, 0.3) is 12.2 Å². The average Bonchev–Trinajstić information content (AvgIpc) is 2.54. The second kappa shape index (κ2) is 7.51. The van der Waals surface area contributed by atoms with Gasteiger partial charge in [-0.25, -0.2) is 5.10 Å². The Kier molecular flexibility index (Phi) is 5.43. The number of aromatic amines is 1. The highest BCUT2D eigenvalue weighted by Crippen LogP contribution is 2.24. The fourth-order valence-corrected chi connectivity index (χ4v) is 2.78. The molecule has 5 nitrogen and oxygen atoms in total. The van der Waals surface area contributed by atoms with Crippen LogP contribution >= 0.6 is 0 Å². The molecule has 0 aliphatic carbocycles. The van der Waals surface area contributed by atoms with Gasteiger partial charge in [0.05, 0.1) is 28.5 Å². The highest BCUT2D eigenvalue weighted by atomic mass is 32.2. The van der Waals surface area contributed by atoms with E-state index in [-0.39, 0.29) is 5.56 Å². The number of benzene rings is 1. The van der Waals surface area contributed by atoms with Crippen LogP contribution in [0, 0.1) is 0 Å². The summed E-state index contributed by atoms with van der Waals surface area (Å²) >= 11 is 0. The third-order valence-corrected chi connectivity index (χ3v) is 4.22. The van der Waals surface area contributed by atoms with Crippen LogP contribution in [-0.2, 0) is 10.8 Å². The van der Waals surface area contributed by atoms with Crippen molar-refractivity contribution in [3.05, 3.63) is 64.6 Å². The van der Waals surface area contributed by atoms with Crippen molar-refractivity contribution >= 4 is 23.0 Å². The zero-order chi connectivity index (χ0) is 15.9. The minimum atomic E-state index is -1.16. The van der Waals surface area contributed by atoms with Crippen LogP contribution in [0.1, 0.15) is 11.3 Å². The lowest BCUT2D eigenvalue weighted by molar-refractivity contribution is 0.404. The van der Waals surface area contributed by atoms with Gasteiger partial charge in [-0.15, -0.1) is 6.58 Å². The van der Waals surface area contributed by atoms with Crippen molar-refractivity contribution in [1.82, 2.24) is 10.2 Å². The van der Waals surface area contributed by atoms with Crippen LogP contribution in [0.15, 0.2) is 52.7 Å². The molecule has 1 aromatic carbocycles. The molecule has 0 spiro atoms. The smallest absolute Gasteiger partial charge is 0.264 e. The molecule has 22 heavy (non-hydrogen) atoms. The van der Waals surface area contributed by atoms with Gasteiger partial charge in [-0.05, 0) is 29.8 Å². The molecule has 0 amide bonds. The molecule has 1 N–H and O–H groups in total. The van der Waals surface area contributed by atoms with Gasteiger partial charge in [0.2, 0.25) is 0 Å². The molecule has 0 aliphatic rings. The molecule has 0 bridgehead atoms. The molecule has 0 saturated heterocycles. The number of nitrogens with zero attached hydrogens (tertiary/aromatic N) is 1. The maximum absolute atomic E-state index is 12.0. The Hall–Kier alpha value is -2.47. The fraction of sp³-hybridized carbons (Fsp3) is 0.125. The van der Waals surface area contributed by atoms with Crippen molar-refractivity contribution in [1.29, 1.82) is 0 Å². The number of nitrogens with one attached hydrogen (secondary N) is 1. The van der Waals surface area contributed by atoms with Gasteiger partial charge >= 0.3 is 0 Å². The lowest BCUT2D eigenvalue weighted by Crippen LogP contribution is -2.05. The van der Waals surface area contributed by atoms with Crippen LogP contribution in [0.5, 0.6) is 5.75 Å². The standard InChI is InChI=1S/C16H16N2O3S/c1-3-10-22(20)15-8-5-12(11-14(15)21-2)4-6-13-7-9-16(19)18-17-13/h3-9,11H,1,10H2,2H3,(H,18,19). The summed E-state index contributed by atoms with van der Waals surface area (Å²) in [7, 11) is 0.378. The van der Waals surface area contributed by atoms with E-state index in [0.717, 1.165) is 5.56 Å². The molecule has 1 unspecified atom stereocenters. The number of hydrogen-bond donors (Lipinski definition) is 1. The Balaban J connectivity index is 2.25. The predicted octanol–water partition coefficient (Wildman–Crippen LogP) is 2.24. The maximum atomic E-state index is 12.0. The Morgan fingerprint density at radius 2 is 2.14 bits per heavy atom. The topological polar surface area (TPSA) is 72.0 Å². The van der Waals surface area contributed by atoms with Gasteiger partial charge in [0, 0.05) is 11.8 Å². The van der Waals surface area contributed by atoms with Crippen molar-refractivity contribution in [3.63, 3.8) is 0 Å². The Morgan fingerprint density at radius 1 is 1.32 bits per heavy atom. The van der Waals surface area contributed by atoms with E-state index in [0.29, 0.717) is 22.1 Å². The molecule has 0 aliphatic heterocycles. The van der Waals surface area contributed by atoms with Crippen LogP contribution in [0.3, 0.4) is 0 Å². The Labute approximate surface area is 130 Å². The largest absolute Gasteiger partial charge is 0.495 e. The molecule has 1 atom stereocenters. The van der Waals surface area contributed by atoms with Gasteiger partial charge in [0.15, 0.2) is 0 Å². The molecule has 1 heterocycles. The van der Waals surface area contributed by atoms with Crippen LogP contribution in [0.2, 0.25) is 0 Å². The van der Waals surface area contributed by atoms with Crippen LogP contribution in [-0.4, -0.2) is 27.3 Å². The van der Waals surface area contributed by atoms with Crippen molar-refractivity contribution in [2.45, 2.75) is 4.90 Å². The highest BCUT2D eigenvalue weighted by molar-refractivity contribution is 7.85. The van der Waals surface area contributed by atoms with E-state index in [1.165, 1.54) is 6.07 Å². The number of ether oxygens (including phenoxy) is 1. The fourth-order valence-electron chi connectivity index (χ4n) is 1.80. The zero-order valence-corrected chi connectivity index (χ0v) is 12.9. The van der Waals surface area contributed by atoms with Crippen molar-refractivity contribution in [2.75, 3.05) is 12.9 Å². The third kappa shape index (κ3) is 4.02. The monoisotopic (exact) mass is 316 g/mol. The minimum absolute atomic E-state index is 0.243. The molecule has 2 rings (SSSR count). The number of methoxy groups -OCH3 is 1. The second-order valence-corrected chi connectivity index (χ2v) is 5.85. The average molecular weight is 316 g/mol. The van der Waals surface area contributed by atoms with Crippen molar-refractivity contribution in [2.24, 2.45) is 0 Å². The van der Waals surface area contributed by atoms with E-state index in [4.69, 9.17) is 4.74 Å². The Morgan fingerprint density at radius 3 is 2.77 bits per heavy atom. The van der Waals surface area contributed by atoms with Gasteiger partial charge in [-0.3, -0.25) is 9.00 Å². The third-order valence-electron chi connectivity index (χ3n) is 2.85. The maximum Gasteiger partial charge on any atom is 0.264 e. The Bertz CT molecular complexity index is 761. The van der Waals surface area contributed by atoms with Crippen molar-refractivity contribution in [3.8, 4) is 5.75 Å². The summed E-state index contributed by atoms with van der Waals surface area (Å²) in [4.78, 5) is 11.6. The number of rotatable bonds is 6. The zero-order valence-electron chi connectivity index (χ0n) is 12.1. The first-order valence-corrected chi connectivity index (χ1v) is 7.87. The first kappa shape index (κ1) is 15.9. The van der Waals surface area contributed by atoms with E-state index < -0.39 is 10.8 Å². The molecule has 2 aromatic rings. The van der Waals surface area contributed by atoms with E-state index in [2.05, 4.69) is 16.8 Å². The summed E-state index contributed by atoms with van der Waals surface area (Å²) < 4.78 is 17.3.